The molecule has 0 saturated carbocycles. The number of carboxylic acid groups (broad SMARTS) is 1. The van der Waals surface area contributed by atoms with Crippen LogP contribution in [0, 0.1) is 5.92 Å². The van der Waals surface area contributed by atoms with Crippen molar-refractivity contribution < 1.29 is 28.3 Å². The van der Waals surface area contributed by atoms with Gasteiger partial charge in [0.05, 0.1) is 17.7 Å². The Bertz CT molecular complexity index is 879. The van der Waals surface area contributed by atoms with Gasteiger partial charge in [-0.1, -0.05) is 38.1 Å². The van der Waals surface area contributed by atoms with Crippen molar-refractivity contribution in [3.8, 4) is 5.75 Å². The highest BCUT2D eigenvalue weighted by Gasteiger charge is 2.29. The van der Waals surface area contributed by atoms with Crippen molar-refractivity contribution >= 4 is 29.9 Å². The molecule has 2 aromatic rings. The van der Waals surface area contributed by atoms with Crippen molar-refractivity contribution in [1.82, 2.24) is 0 Å². The zero-order valence-corrected chi connectivity index (χ0v) is 17.7. The van der Waals surface area contributed by atoms with Crippen molar-refractivity contribution in [3.05, 3.63) is 65.2 Å². The molecule has 0 fully saturated rings. The van der Waals surface area contributed by atoms with Crippen LogP contribution in [0.15, 0.2) is 48.5 Å². The van der Waals surface area contributed by atoms with Crippen molar-refractivity contribution in [2.24, 2.45) is 5.92 Å². The van der Waals surface area contributed by atoms with Gasteiger partial charge in [0.15, 0.2) is 5.78 Å². The number of carbonyl (C=O) groups excluding carboxylic acids is 1. The monoisotopic (exact) mass is 422 g/mol. The molecule has 0 radical (unpaired) electrons. The van der Waals surface area contributed by atoms with E-state index >= 15 is 0 Å². The molecule has 8 heteroatoms. The fraction of sp³-hybridized carbons (Fsp3) is 0.300. The van der Waals surface area contributed by atoms with Crippen LogP contribution in [0.4, 0.5) is 0 Å². The highest BCUT2D eigenvalue weighted by Crippen LogP contribution is 2.60. The van der Waals surface area contributed by atoms with Crippen LogP contribution in [0.1, 0.15) is 47.1 Å². The van der Waals surface area contributed by atoms with Crippen LogP contribution in [-0.4, -0.2) is 29.2 Å². The summed E-state index contributed by atoms with van der Waals surface area (Å²) in [6.45, 7) is 2.46. The van der Waals surface area contributed by atoms with Gasteiger partial charge in [-0.15, -0.1) is 0 Å². The Morgan fingerprint density at radius 3 is 2.25 bits per heavy atom. The molecule has 150 valence electrons. The van der Waals surface area contributed by atoms with E-state index in [4.69, 9.17) is 14.2 Å². The van der Waals surface area contributed by atoms with Gasteiger partial charge in [0.2, 0.25) is 0 Å². The third kappa shape index (κ3) is 5.96. The summed E-state index contributed by atoms with van der Waals surface area (Å²) in [4.78, 5) is 23.9. The molecule has 2 aromatic carbocycles. The molecule has 0 saturated heterocycles. The first-order chi connectivity index (χ1) is 13.3. The van der Waals surface area contributed by atoms with Gasteiger partial charge in [-0.05, 0) is 48.5 Å². The Morgan fingerprint density at radius 1 is 1.07 bits per heavy atom. The average molecular weight is 422 g/mol. The summed E-state index contributed by atoms with van der Waals surface area (Å²) in [5.41, 5.74) is 0.629. The predicted octanol–water partition coefficient (Wildman–Crippen LogP) is 5.53. The number of rotatable bonds is 10. The number of carboxylic acids is 1. The smallest absolute Gasteiger partial charge is 0.440 e. The number of aromatic carboxylic acids is 1. The molecular weight excluding hydrogens is 399 g/mol. The van der Waals surface area contributed by atoms with Gasteiger partial charge in [-0.25, -0.2) is 9.36 Å². The summed E-state index contributed by atoms with van der Waals surface area (Å²) in [5.74, 6) is -0.369. The van der Waals surface area contributed by atoms with Crippen molar-refractivity contribution in [1.29, 1.82) is 0 Å². The standard InChI is InChI=1S/C20H23O6PS/c1-4-25-27(24,28-13-14(2)3)26-18-8-6-5-7-17(18)19(21)15-9-11-16(12-10-15)20(22)23/h5-12,14H,4,13H2,1-3H3,(H,22,23). The molecule has 0 aromatic heterocycles. The molecule has 2 rings (SSSR count). The van der Waals surface area contributed by atoms with Crippen LogP contribution in [0.5, 0.6) is 5.75 Å². The van der Waals surface area contributed by atoms with Crippen LogP contribution in [0.3, 0.4) is 0 Å². The number of carbonyl (C=O) groups is 2. The quantitative estimate of drug-likeness (QED) is 0.398. The van der Waals surface area contributed by atoms with Crippen LogP contribution in [0.2, 0.25) is 0 Å². The van der Waals surface area contributed by atoms with Gasteiger partial charge in [-0.2, -0.15) is 0 Å². The number of ketones is 1. The number of hydrogen-bond donors (Lipinski definition) is 1. The minimum atomic E-state index is -3.49. The van der Waals surface area contributed by atoms with Crippen molar-refractivity contribution in [2.75, 3.05) is 12.4 Å². The normalized spacial score (nSPS) is 13.1. The van der Waals surface area contributed by atoms with E-state index < -0.39 is 12.8 Å². The molecule has 0 aliphatic heterocycles. The molecule has 0 heterocycles. The maximum Gasteiger partial charge on any atom is 0.440 e. The summed E-state index contributed by atoms with van der Waals surface area (Å²) in [6, 6.07) is 12.1. The molecule has 0 amide bonds. The Labute approximate surface area is 168 Å². The third-order valence-corrected chi connectivity index (χ3v) is 7.65. The zero-order chi connectivity index (χ0) is 20.7. The first-order valence-electron chi connectivity index (χ1n) is 8.81. The van der Waals surface area contributed by atoms with Gasteiger partial charge >= 0.3 is 12.8 Å². The lowest BCUT2D eigenvalue weighted by atomic mass is 10.0. The zero-order valence-electron chi connectivity index (χ0n) is 16.0. The van der Waals surface area contributed by atoms with Crippen LogP contribution in [-0.2, 0) is 9.09 Å². The number of hydrogen-bond acceptors (Lipinski definition) is 6. The summed E-state index contributed by atoms with van der Waals surface area (Å²) < 4.78 is 24.2. The summed E-state index contributed by atoms with van der Waals surface area (Å²) in [7, 11) is 0. The molecule has 1 atom stereocenters. The molecule has 1 unspecified atom stereocenters. The van der Waals surface area contributed by atoms with Crippen LogP contribution >= 0.6 is 18.2 Å². The Balaban J connectivity index is 2.31. The second-order valence-corrected chi connectivity index (χ2v) is 10.4. The molecule has 0 spiro atoms. The summed E-state index contributed by atoms with van der Waals surface area (Å²) >= 11 is 1.11. The van der Waals surface area contributed by atoms with E-state index in [2.05, 4.69) is 0 Å². The molecular formula is C20H23O6PS. The van der Waals surface area contributed by atoms with Crippen molar-refractivity contribution in [2.45, 2.75) is 20.8 Å². The molecule has 28 heavy (non-hydrogen) atoms. The van der Waals surface area contributed by atoms with Crippen molar-refractivity contribution in [3.63, 3.8) is 0 Å². The van der Waals surface area contributed by atoms with E-state index in [1.807, 2.05) is 13.8 Å². The molecule has 0 aliphatic rings. The van der Waals surface area contributed by atoms with Crippen LogP contribution < -0.4 is 4.52 Å². The SMILES string of the molecule is CCOP(=O)(Oc1ccccc1C(=O)c1ccc(C(=O)O)cc1)SCC(C)C. The second kappa shape index (κ2) is 9.92. The average Bonchev–Trinajstić information content (AvgIpc) is 2.66. The fourth-order valence-electron chi connectivity index (χ4n) is 2.26. The molecule has 1 N–H and O–H groups in total. The van der Waals surface area contributed by atoms with E-state index in [1.54, 1.807) is 31.2 Å². The van der Waals surface area contributed by atoms with Gasteiger partial charge in [0.25, 0.3) is 0 Å². The van der Waals surface area contributed by atoms with Gasteiger partial charge < -0.3 is 9.63 Å². The van der Waals surface area contributed by atoms with E-state index in [0.717, 1.165) is 11.4 Å². The molecule has 0 aliphatic carbocycles. The maximum absolute atomic E-state index is 13.1. The van der Waals surface area contributed by atoms with Gasteiger partial charge in [-0.3, -0.25) is 9.32 Å². The third-order valence-electron chi connectivity index (χ3n) is 3.59. The minimum Gasteiger partial charge on any atom is -0.478 e. The van der Waals surface area contributed by atoms with E-state index in [-0.39, 0.29) is 29.3 Å². The van der Waals surface area contributed by atoms with Gasteiger partial charge in [0.1, 0.15) is 5.75 Å². The van der Waals surface area contributed by atoms with E-state index in [0.29, 0.717) is 17.2 Å². The first kappa shape index (κ1) is 22.2. The van der Waals surface area contributed by atoms with Gasteiger partial charge in [0, 0.05) is 11.3 Å². The summed E-state index contributed by atoms with van der Waals surface area (Å²) in [6.07, 6.45) is 0. The molecule has 0 bridgehead atoms. The largest absolute Gasteiger partial charge is 0.478 e. The lowest BCUT2D eigenvalue weighted by Crippen LogP contribution is -2.06. The predicted molar refractivity (Wildman–Crippen MR) is 110 cm³/mol. The molecule has 6 nitrogen and oxygen atoms in total. The van der Waals surface area contributed by atoms with Crippen LogP contribution in [0.25, 0.3) is 0 Å². The Kier molecular flexibility index (Phi) is 7.87. The minimum absolute atomic E-state index is 0.0898. The lowest BCUT2D eigenvalue weighted by Gasteiger charge is -2.20. The lowest BCUT2D eigenvalue weighted by molar-refractivity contribution is 0.0696. The first-order valence-corrected chi connectivity index (χ1v) is 11.9. The summed E-state index contributed by atoms with van der Waals surface area (Å²) in [5, 5.41) is 8.99. The Morgan fingerprint density at radius 2 is 1.68 bits per heavy atom. The number of benzene rings is 2. The topological polar surface area (TPSA) is 89.9 Å². The highest BCUT2D eigenvalue weighted by molar-refractivity contribution is 8.55. The van der Waals surface area contributed by atoms with E-state index in [1.165, 1.54) is 24.3 Å². The number of para-hydroxylation sites is 1. The fourth-order valence-corrected chi connectivity index (χ4v) is 6.02. The Hall–Kier alpha value is -2.08. The highest BCUT2D eigenvalue weighted by atomic mass is 32.7. The second-order valence-electron chi connectivity index (χ2n) is 6.35. The van der Waals surface area contributed by atoms with E-state index in [9.17, 15) is 14.2 Å². The maximum atomic E-state index is 13.1.